The first kappa shape index (κ1) is 15.9. The lowest BCUT2D eigenvalue weighted by Gasteiger charge is -2.34. The Balaban J connectivity index is 2.28. The van der Waals surface area contributed by atoms with Crippen molar-refractivity contribution < 1.29 is 17.9 Å². The normalized spacial score (nSPS) is 18.2. The predicted octanol–water partition coefficient (Wildman–Crippen LogP) is 0.784. The van der Waals surface area contributed by atoms with Crippen LogP contribution in [-0.2, 0) is 19.4 Å². The molecule has 0 saturated carbocycles. The number of benzene rings is 1. The Hall–Kier alpha value is -1.44. The third-order valence-electron chi connectivity index (χ3n) is 3.86. The highest BCUT2D eigenvalue weighted by Crippen LogP contribution is 2.32. The van der Waals surface area contributed by atoms with Crippen molar-refractivity contribution >= 4 is 21.4 Å². The Morgan fingerprint density at radius 3 is 2.52 bits per heavy atom. The van der Waals surface area contributed by atoms with Gasteiger partial charge in [0.25, 0.3) is 0 Å². The largest absolute Gasteiger partial charge is 0.381 e. The van der Waals surface area contributed by atoms with Crippen molar-refractivity contribution in [3.63, 3.8) is 0 Å². The van der Waals surface area contributed by atoms with Crippen LogP contribution in [0.2, 0.25) is 0 Å². The highest BCUT2D eigenvalue weighted by molar-refractivity contribution is 7.90. The topological polar surface area (TPSA) is 98.5 Å². The number of ether oxygens (including phenoxy) is 1. The van der Waals surface area contributed by atoms with E-state index in [0.29, 0.717) is 31.7 Å². The fourth-order valence-corrected chi connectivity index (χ4v) is 3.28. The van der Waals surface area contributed by atoms with Crippen LogP contribution in [0.3, 0.4) is 0 Å². The van der Waals surface area contributed by atoms with Crippen molar-refractivity contribution in [2.45, 2.75) is 17.7 Å². The van der Waals surface area contributed by atoms with Crippen molar-refractivity contribution in [3.8, 4) is 0 Å². The van der Waals surface area contributed by atoms with Crippen LogP contribution in [0.4, 0.5) is 5.69 Å². The molecule has 0 radical (unpaired) electrons. The third-order valence-corrected chi connectivity index (χ3v) is 5.01. The standard InChI is InChI=1S/C14H20N2O4S/c1-21(18,19)12-5-3-2-4-11(12)16-13(17)14(10-15)6-8-20-9-7-14/h2-5H,6-10,15H2,1H3,(H,16,17). The van der Waals surface area contributed by atoms with Crippen LogP contribution >= 0.6 is 0 Å². The molecule has 21 heavy (non-hydrogen) atoms. The first-order chi connectivity index (χ1) is 9.89. The van der Waals surface area contributed by atoms with E-state index >= 15 is 0 Å². The SMILES string of the molecule is CS(=O)(=O)c1ccccc1NC(=O)C1(CN)CCOCC1. The molecule has 0 spiro atoms. The second-order valence-electron chi connectivity index (χ2n) is 5.32. The molecule has 1 fully saturated rings. The number of para-hydroxylation sites is 1. The molecule has 1 aromatic carbocycles. The maximum Gasteiger partial charge on any atom is 0.232 e. The van der Waals surface area contributed by atoms with Crippen molar-refractivity contribution in [2.75, 3.05) is 31.3 Å². The summed E-state index contributed by atoms with van der Waals surface area (Å²) in [7, 11) is -3.41. The number of carbonyl (C=O) groups excluding carboxylic acids is 1. The summed E-state index contributed by atoms with van der Waals surface area (Å²) in [6.45, 7) is 1.18. The molecule has 0 bridgehead atoms. The number of nitrogens with one attached hydrogen (secondary N) is 1. The molecule has 3 N–H and O–H groups in total. The number of amides is 1. The molecule has 0 atom stereocenters. The van der Waals surface area contributed by atoms with Crippen molar-refractivity contribution in [3.05, 3.63) is 24.3 Å². The van der Waals surface area contributed by atoms with E-state index < -0.39 is 15.3 Å². The fourth-order valence-electron chi connectivity index (χ4n) is 2.43. The Morgan fingerprint density at radius 2 is 1.95 bits per heavy atom. The molecule has 1 aliphatic heterocycles. The van der Waals surface area contributed by atoms with E-state index in [9.17, 15) is 13.2 Å². The van der Waals surface area contributed by atoms with E-state index in [-0.39, 0.29) is 17.3 Å². The van der Waals surface area contributed by atoms with Crippen LogP contribution in [0.1, 0.15) is 12.8 Å². The minimum Gasteiger partial charge on any atom is -0.381 e. The van der Waals surface area contributed by atoms with Gasteiger partial charge < -0.3 is 15.8 Å². The molecule has 1 saturated heterocycles. The highest BCUT2D eigenvalue weighted by Gasteiger charge is 2.39. The van der Waals surface area contributed by atoms with E-state index in [0.717, 1.165) is 6.26 Å². The van der Waals surface area contributed by atoms with Gasteiger partial charge in [0.15, 0.2) is 9.84 Å². The molecular formula is C14H20N2O4S. The first-order valence-corrected chi connectivity index (χ1v) is 8.66. The molecule has 0 aliphatic carbocycles. The van der Waals surface area contributed by atoms with Crippen molar-refractivity contribution in [1.29, 1.82) is 0 Å². The van der Waals surface area contributed by atoms with Gasteiger partial charge in [0, 0.05) is 26.0 Å². The zero-order valence-electron chi connectivity index (χ0n) is 12.0. The maximum atomic E-state index is 12.6. The molecule has 116 valence electrons. The molecule has 0 aromatic heterocycles. The average Bonchev–Trinajstić information content (AvgIpc) is 2.47. The van der Waals surface area contributed by atoms with Gasteiger partial charge in [-0.05, 0) is 25.0 Å². The summed E-state index contributed by atoms with van der Waals surface area (Å²) in [5.74, 6) is -0.246. The van der Waals surface area contributed by atoms with E-state index in [2.05, 4.69) is 5.32 Å². The van der Waals surface area contributed by atoms with Gasteiger partial charge in [-0.15, -0.1) is 0 Å². The second kappa shape index (κ2) is 6.13. The number of sulfone groups is 1. The van der Waals surface area contributed by atoms with Gasteiger partial charge in [-0.25, -0.2) is 8.42 Å². The number of rotatable bonds is 4. The molecule has 6 nitrogen and oxygen atoms in total. The molecular weight excluding hydrogens is 292 g/mol. The van der Waals surface area contributed by atoms with Gasteiger partial charge in [-0.2, -0.15) is 0 Å². The lowest BCUT2D eigenvalue weighted by Crippen LogP contribution is -2.46. The van der Waals surface area contributed by atoms with Gasteiger partial charge in [0.05, 0.1) is 16.0 Å². The number of anilines is 1. The Kier molecular flexibility index (Phi) is 4.65. The fraction of sp³-hybridized carbons (Fsp3) is 0.500. The van der Waals surface area contributed by atoms with E-state index in [1.807, 2.05) is 0 Å². The summed E-state index contributed by atoms with van der Waals surface area (Å²) in [5, 5.41) is 2.72. The zero-order valence-corrected chi connectivity index (χ0v) is 12.8. The summed E-state index contributed by atoms with van der Waals surface area (Å²) < 4.78 is 28.8. The third kappa shape index (κ3) is 3.42. The Bertz CT molecular complexity index is 622. The van der Waals surface area contributed by atoms with E-state index in [4.69, 9.17) is 10.5 Å². The summed E-state index contributed by atoms with van der Waals surface area (Å²) in [5.41, 5.74) is 5.39. The number of carbonyl (C=O) groups is 1. The Morgan fingerprint density at radius 1 is 1.33 bits per heavy atom. The zero-order chi connectivity index (χ0) is 15.5. The molecule has 1 aromatic rings. The molecule has 1 amide bonds. The van der Waals surface area contributed by atoms with Crippen LogP contribution in [0.5, 0.6) is 0 Å². The molecule has 7 heteroatoms. The second-order valence-corrected chi connectivity index (χ2v) is 7.30. The van der Waals surface area contributed by atoms with Gasteiger partial charge in [-0.1, -0.05) is 12.1 Å². The average molecular weight is 312 g/mol. The smallest absolute Gasteiger partial charge is 0.232 e. The quantitative estimate of drug-likeness (QED) is 0.856. The van der Waals surface area contributed by atoms with Gasteiger partial charge in [-0.3, -0.25) is 4.79 Å². The molecule has 2 rings (SSSR count). The maximum absolute atomic E-state index is 12.6. The van der Waals surface area contributed by atoms with E-state index in [1.165, 1.54) is 6.07 Å². The number of nitrogens with two attached hydrogens (primary N) is 1. The molecule has 1 aliphatic rings. The van der Waals surface area contributed by atoms with Crippen LogP contribution < -0.4 is 11.1 Å². The lowest BCUT2D eigenvalue weighted by atomic mass is 9.79. The van der Waals surface area contributed by atoms with Crippen molar-refractivity contribution in [2.24, 2.45) is 11.1 Å². The lowest BCUT2D eigenvalue weighted by molar-refractivity contribution is -0.130. The summed E-state index contributed by atoms with van der Waals surface area (Å²) in [6, 6.07) is 6.37. The van der Waals surface area contributed by atoms with Crippen LogP contribution in [0.15, 0.2) is 29.2 Å². The molecule has 0 unspecified atom stereocenters. The monoisotopic (exact) mass is 312 g/mol. The minimum absolute atomic E-state index is 0.109. The predicted molar refractivity (Wildman–Crippen MR) is 79.7 cm³/mol. The number of hydrogen-bond donors (Lipinski definition) is 2. The summed E-state index contributed by atoms with van der Waals surface area (Å²) in [4.78, 5) is 12.7. The summed E-state index contributed by atoms with van der Waals surface area (Å²) in [6.07, 6.45) is 2.19. The molecule has 1 heterocycles. The van der Waals surface area contributed by atoms with Crippen LogP contribution in [0.25, 0.3) is 0 Å². The first-order valence-electron chi connectivity index (χ1n) is 6.77. The van der Waals surface area contributed by atoms with E-state index in [1.54, 1.807) is 18.2 Å². The number of hydrogen-bond acceptors (Lipinski definition) is 5. The highest BCUT2D eigenvalue weighted by atomic mass is 32.2. The summed E-state index contributed by atoms with van der Waals surface area (Å²) >= 11 is 0. The van der Waals surface area contributed by atoms with Gasteiger partial charge in [0.1, 0.15) is 0 Å². The van der Waals surface area contributed by atoms with Crippen LogP contribution in [-0.4, -0.2) is 40.3 Å². The minimum atomic E-state index is -3.41. The van der Waals surface area contributed by atoms with Crippen molar-refractivity contribution in [1.82, 2.24) is 0 Å². The Labute approximate surface area is 124 Å². The van der Waals surface area contributed by atoms with Gasteiger partial charge in [0.2, 0.25) is 5.91 Å². The van der Waals surface area contributed by atoms with Gasteiger partial charge >= 0.3 is 0 Å². The van der Waals surface area contributed by atoms with Crippen LogP contribution in [0, 0.1) is 5.41 Å².